The van der Waals surface area contributed by atoms with Crippen molar-refractivity contribution in [3.8, 4) is 0 Å². The maximum absolute atomic E-state index is 5.70. The van der Waals surface area contributed by atoms with Crippen molar-refractivity contribution in [1.29, 1.82) is 0 Å². The molecule has 1 aliphatic heterocycles. The molecule has 2 nitrogen and oxygen atoms in total. The van der Waals surface area contributed by atoms with Gasteiger partial charge >= 0.3 is 0 Å². The van der Waals surface area contributed by atoms with E-state index in [0.717, 1.165) is 18.5 Å². The SMILES string of the molecule is CC1CCN(CC2(CCN)CC2)C(C)C1. The molecule has 0 spiro atoms. The quantitative estimate of drug-likeness (QED) is 0.771. The molecule has 2 unspecified atom stereocenters. The van der Waals surface area contributed by atoms with Gasteiger partial charge in [0, 0.05) is 12.6 Å². The largest absolute Gasteiger partial charge is 0.330 e. The maximum atomic E-state index is 5.70. The Bertz CT molecular complexity index is 211. The molecule has 2 rings (SSSR count). The van der Waals surface area contributed by atoms with Crippen molar-refractivity contribution in [3.05, 3.63) is 0 Å². The van der Waals surface area contributed by atoms with Crippen LogP contribution in [0.2, 0.25) is 0 Å². The zero-order chi connectivity index (χ0) is 10.9. The van der Waals surface area contributed by atoms with E-state index in [-0.39, 0.29) is 0 Å². The fraction of sp³-hybridized carbons (Fsp3) is 1.00. The van der Waals surface area contributed by atoms with E-state index in [9.17, 15) is 0 Å². The number of hydrogen-bond donors (Lipinski definition) is 1. The standard InChI is InChI=1S/C13H26N2/c1-11-3-8-15(12(2)9-11)10-13(4-5-13)6-7-14/h11-12H,3-10,14H2,1-2H3. The minimum absolute atomic E-state index is 0.629. The second kappa shape index (κ2) is 4.42. The molecule has 2 aliphatic rings. The summed E-state index contributed by atoms with van der Waals surface area (Å²) >= 11 is 0. The molecule has 1 heterocycles. The monoisotopic (exact) mass is 210 g/mol. The van der Waals surface area contributed by atoms with E-state index in [1.165, 1.54) is 45.2 Å². The van der Waals surface area contributed by atoms with Crippen molar-refractivity contribution in [3.63, 3.8) is 0 Å². The van der Waals surface area contributed by atoms with Crippen LogP contribution in [0.5, 0.6) is 0 Å². The Kier molecular flexibility index (Phi) is 3.36. The lowest BCUT2D eigenvalue weighted by atomic mass is 9.91. The second-order valence-electron chi connectivity index (χ2n) is 5.99. The summed E-state index contributed by atoms with van der Waals surface area (Å²) in [4.78, 5) is 2.71. The summed E-state index contributed by atoms with van der Waals surface area (Å²) in [5, 5.41) is 0. The van der Waals surface area contributed by atoms with Crippen LogP contribution in [0, 0.1) is 11.3 Å². The van der Waals surface area contributed by atoms with Crippen LogP contribution in [0.3, 0.4) is 0 Å². The van der Waals surface area contributed by atoms with E-state index >= 15 is 0 Å². The van der Waals surface area contributed by atoms with Gasteiger partial charge in [0.1, 0.15) is 0 Å². The van der Waals surface area contributed by atoms with Crippen LogP contribution in [0.1, 0.15) is 46.0 Å². The number of nitrogens with two attached hydrogens (primary N) is 1. The summed E-state index contributed by atoms with van der Waals surface area (Å²) < 4.78 is 0. The molecule has 1 aliphatic carbocycles. The second-order valence-corrected chi connectivity index (χ2v) is 5.99. The smallest absolute Gasteiger partial charge is 0.00697 e. The number of piperidine rings is 1. The number of hydrogen-bond acceptors (Lipinski definition) is 2. The van der Waals surface area contributed by atoms with Crippen molar-refractivity contribution < 1.29 is 0 Å². The van der Waals surface area contributed by atoms with Crippen molar-refractivity contribution in [2.24, 2.45) is 17.1 Å². The molecule has 0 aromatic heterocycles. The lowest BCUT2D eigenvalue weighted by Crippen LogP contribution is -2.43. The molecule has 88 valence electrons. The Balaban J connectivity index is 1.84. The number of likely N-dealkylation sites (tertiary alicyclic amines) is 1. The minimum atomic E-state index is 0.629. The molecule has 2 fully saturated rings. The average molecular weight is 210 g/mol. The molecule has 15 heavy (non-hydrogen) atoms. The van der Waals surface area contributed by atoms with Crippen molar-refractivity contribution >= 4 is 0 Å². The summed E-state index contributed by atoms with van der Waals surface area (Å²) in [6, 6.07) is 0.795. The van der Waals surface area contributed by atoms with Gasteiger partial charge in [-0.3, -0.25) is 0 Å². The van der Waals surface area contributed by atoms with Gasteiger partial charge in [-0.25, -0.2) is 0 Å². The van der Waals surface area contributed by atoms with Crippen LogP contribution in [0.4, 0.5) is 0 Å². The zero-order valence-electron chi connectivity index (χ0n) is 10.3. The summed E-state index contributed by atoms with van der Waals surface area (Å²) in [5.41, 5.74) is 6.33. The Hall–Kier alpha value is -0.0800. The Morgan fingerprint density at radius 2 is 2.07 bits per heavy atom. The van der Waals surface area contributed by atoms with Gasteiger partial charge in [-0.15, -0.1) is 0 Å². The van der Waals surface area contributed by atoms with Gasteiger partial charge in [0.2, 0.25) is 0 Å². The first kappa shape index (κ1) is 11.4. The van der Waals surface area contributed by atoms with E-state index in [0.29, 0.717) is 5.41 Å². The van der Waals surface area contributed by atoms with E-state index in [1.54, 1.807) is 0 Å². The predicted molar refractivity (Wildman–Crippen MR) is 64.8 cm³/mol. The Labute approximate surface area is 94.2 Å². The molecular weight excluding hydrogens is 184 g/mol. The van der Waals surface area contributed by atoms with Crippen LogP contribution in [-0.4, -0.2) is 30.6 Å². The zero-order valence-corrected chi connectivity index (χ0v) is 10.3. The molecule has 0 radical (unpaired) electrons. The van der Waals surface area contributed by atoms with Gasteiger partial charge in [0.25, 0.3) is 0 Å². The van der Waals surface area contributed by atoms with E-state index in [2.05, 4.69) is 18.7 Å². The van der Waals surface area contributed by atoms with Crippen molar-refractivity contribution in [2.45, 2.75) is 52.0 Å². The molecule has 2 heteroatoms. The van der Waals surface area contributed by atoms with Gasteiger partial charge in [0.05, 0.1) is 0 Å². The summed E-state index contributed by atoms with van der Waals surface area (Å²) in [5.74, 6) is 0.931. The highest BCUT2D eigenvalue weighted by atomic mass is 15.2. The lowest BCUT2D eigenvalue weighted by molar-refractivity contribution is 0.102. The van der Waals surface area contributed by atoms with E-state index < -0.39 is 0 Å². The first-order chi connectivity index (χ1) is 7.15. The van der Waals surface area contributed by atoms with Crippen LogP contribution in [0.15, 0.2) is 0 Å². The third kappa shape index (κ3) is 2.73. The van der Waals surface area contributed by atoms with Crippen LogP contribution >= 0.6 is 0 Å². The number of rotatable bonds is 4. The highest BCUT2D eigenvalue weighted by Gasteiger charge is 2.43. The van der Waals surface area contributed by atoms with E-state index in [1.807, 2.05) is 0 Å². The fourth-order valence-electron chi connectivity index (χ4n) is 3.09. The molecule has 2 N–H and O–H groups in total. The third-order valence-corrected chi connectivity index (χ3v) is 4.45. The Morgan fingerprint density at radius 3 is 2.60 bits per heavy atom. The maximum Gasteiger partial charge on any atom is 0.00697 e. The topological polar surface area (TPSA) is 29.3 Å². The van der Waals surface area contributed by atoms with Crippen LogP contribution in [0.25, 0.3) is 0 Å². The minimum Gasteiger partial charge on any atom is -0.330 e. The summed E-state index contributed by atoms with van der Waals surface area (Å²) in [6.45, 7) is 8.29. The first-order valence-corrected chi connectivity index (χ1v) is 6.59. The third-order valence-electron chi connectivity index (χ3n) is 4.45. The van der Waals surface area contributed by atoms with Crippen LogP contribution in [-0.2, 0) is 0 Å². The van der Waals surface area contributed by atoms with Crippen molar-refractivity contribution in [2.75, 3.05) is 19.6 Å². The molecule has 1 saturated heterocycles. The Morgan fingerprint density at radius 1 is 1.33 bits per heavy atom. The van der Waals surface area contributed by atoms with Gasteiger partial charge in [-0.1, -0.05) is 6.92 Å². The highest BCUT2D eigenvalue weighted by Crippen LogP contribution is 2.49. The molecular formula is C13H26N2. The summed E-state index contributed by atoms with van der Waals surface area (Å²) in [7, 11) is 0. The molecule has 2 atom stereocenters. The van der Waals surface area contributed by atoms with E-state index in [4.69, 9.17) is 5.73 Å². The van der Waals surface area contributed by atoms with Gasteiger partial charge < -0.3 is 10.6 Å². The van der Waals surface area contributed by atoms with Crippen LogP contribution < -0.4 is 5.73 Å². The molecule has 0 aromatic rings. The number of nitrogens with zero attached hydrogens (tertiary/aromatic N) is 1. The normalized spacial score (nSPS) is 35.4. The molecule has 0 aromatic carbocycles. The predicted octanol–water partition coefficient (Wildman–Crippen LogP) is 2.24. The average Bonchev–Trinajstić information content (AvgIpc) is 2.91. The summed E-state index contributed by atoms with van der Waals surface area (Å²) in [6.07, 6.45) is 6.86. The van der Waals surface area contributed by atoms with Gasteiger partial charge in [0.15, 0.2) is 0 Å². The fourth-order valence-corrected chi connectivity index (χ4v) is 3.09. The van der Waals surface area contributed by atoms with Crippen molar-refractivity contribution in [1.82, 2.24) is 4.90 Å². The van der Waals surface area contributed by atoms with Gasteiger partial charge in [-0.2, -0.15) is 0 Å². The van der Waals surface area contributed by atoms with Gasteiger partial charge in [-0.05, 0) is 63.5 Å². The first-order valence-electron chi connectivity index (χ1n) is 6.59. The molecule has 0 bridgehead atoms. The molecule has 0 amide bonds. The molecule has 1 saturated carbocycles. The highest BCUT2D eigenvalue weighted by molar-refractivity contribution is 4.97. The lowest BCUT2D eigenvalue weighted by Gasteiger charge is -2.38.